The van der Waals surface area contributed by atoms with Crippen molar-refractivity contribution in [2.75, 3.05) is 25.9 Å². The van der Waals surface area contributed by atoms with E-state index in [2.05, 4.69) is 15.7 Å². The number of amides is 2. The van der Waals surface area contributed by atoms with Crippen LogP contribution in [-0.4, -0.2) is 47.5 Å². The molecule has 10 heteroatoms. The number of aromatic nitrogens is 2. The number of nitrogens with two attached hydrogens (primary N) is 2. The number of primary amides is 1. The van der Waals surface area contributed by atoms with Gasteiger partial charge in [-0.25, -0.2) is 4.68 Å². The molecular weight excluding hydrogens is 396 g/mol. The Morgan fingerprint density at radius 3 is 2.66 bits per heavy atom. The molecule has 0 saturated carbocycles. The van der Waals surface area contributed by atoms with Gasteiger partial charge in [0, 0.05) is 24.2 Å². The second-order valence-corrected chi connectivity index (χ2v) is 7.37. The zero-order valence-electron chi connectivity index (χ0n) is 16.2. The molecule has 2 heterocycles. The van der Waals surface area contributed by atoms with Gasteiger partial charge in [-0.3, -0.25) is 14.4 Å². The quantitative estimate of drug-likeness (QED) is 0.546. The Balaban J connectivity index is 2.20. The van der Waals surface area contributed by atoms with Crippen LogP contribution in [0.2, 0.25) is 5.02 Å². The Labute approximate surface area is 172 Å². The van der Waals surface area contributed by atoms with Crippen molar-refractivity contribution in [3.63, 3.8) is 0 Å². The van der Waals surface area contributed by atoms with Gasteiger partial charge in [0.15, 0.2) is 0 Å². The Hall–Kier alpha value is -2.91. The van der Waals surface area contributed by atoms with Gasteiger partial charge in [-0.2, -0.15) is 5.10 Å². The minimum absolute atomic E-state index is 0.00138. The minimum Gasteiger partial charge on any atom is -0.383 e. The normalized spacial score (nSPS) is 17.1. The van der Waals surface area contributed by atoms with Gasteiger partial charge in [0.05, 0.1) is 17.7 Å². The third-order valence-electron chi connectivity index (χ3n) is 5.08. The lowest BCUT2D eigenvalue weighted by atomic mass is 9.88. The number of benzene rings is 1. The van der Waals surface area contributed by atoms with Crippen LogP contribution in [0.15, 0.2) is 18.2 Å². The smallest absolute Gasteiger partial charge is 0.254 e. The molecule has 2 amide bonds. The summed E-state index contributed by atoms with van der Waals surface area (Å²) in [5, 5.41) is 10.5. The minimum atomic E-state index is -0.993. The van der Waals surface area contributed by atoms with Gasteiger partial charge in [-0.1, -0.05) is 11.6 Å². The molecular formula is C19H23ClN6O3. The Morgan fingerprint density at radius 2 is 2.10 bits per heavy atom. The summed E-state index contributed by atoms with van der Waals surface area (Å²) in [6, 6.07) is 4.54. The SMILES string of the molecule is CNC(=O)c1ccc(Cl)c(C(C(C)=O)c2nn(C3CCNC3)c(N)c2C(N)=O)c1. The van der Waals surface area contributed by atoms with Crippen LogP contribution < -0.4 is 22.1 Å². The fourth-order valence-corrected chi connectivity index (χ4v) is 3.88. The fourth-order valence-electron chi connectivity index (χ4n) is 3.66. The molecule has 2 atom stereocenters. The highest BCUT2D eigenvalue weighted by Gasteiger charge is 2.34. The third kappa shape index (κ3) is 3.83. The Kier molecular flexibility index (Phi) is 5.90. The van der Waals surface area contributed by atoms with Crippen molar-refractivity contribution in [3.8, 4) is 0 Å². The number of carbonyl (C=O) groups excluding carboxylic acids is 3. The van der Waals surface area contributed by atoms with Crippen molar-refractivity contribution in [1.82, 2.24) is 20.4 Å². The molecule has 0 aliphatic carbocycles. The van der Waals surface area contributed by atoms with Gasteiger partial charge in [0.1, 0.15) is 17.2 Å². The van der Waals surface area contributed by atoms with Crippen molar-refractivity contribution < 1.29 is 14.4 Å². The molecule has 1 aliphatic heterocycles. The van der Waals surface area contributed by atoms with E-state index in [0.717, 1.165) is 13.0 Å². The van der Waals surface area contributed by atoms with Gasteiger partial charge in [0.2, 0.25) is 0 Å². The molecule has 0 radical (unpaired) electrons. The molecule has 2 unspecified atom stereocenters. The first-order valence-electron chi connectivity index (χ1n) is 9.16. The molecule has 1 fully saturated rings. The molecule has 6 N–H and O–H groups in total. The molecule has 1 saturated heterocycles. The summed E-state index contributed by atoms with van der Waals surface area (Å²) in [4.78, 5) is 36.9. The molecule has 0 spiro atoms. The highest BCUT2D eigenvalue weighted by molar-refractivity contribution is 6.32. The number of carbonyl (C=O) groups is 3. The van der Waals surface area contributed by atoms with Gasteiger partial charge in [-0.05, 0) is 43.7 Å². The van der Waals surface area contributed by atoms with E-state index in [-0.39, 0.29) is 39.8 Å². The van der Waals surface area contributed by atoms with Crippen LogP contribution >= 0.6 is 11.6 Å². The largest absolute Gasteiger partial charge is 0.383 e. The van der Waals surface area contributed by atoms with Crippen LogP contribution in [0.25, 0.3) is 0 Å². The first kappa shape index (κ1) is 20.8. The maximum Gasteiger partial charge on any atom is 0.254 e. The highest BCUT2D eigenvalue weighted by atomic mass is 35.5. The number of nitrogens with one attached hydrogen (secondary N) is 2. The standard InChI is InChI=1S/C19H23ClN6O3/c1-9(27)14(12-7-10(19(29)23-2)3-4-13(12)20)16-15(18(22)28)17(21)26(25-16)11-5-6-24-8-11/h3-4,7,11,14,24H,5-6,8,21H2,1-2H3,(H2,22,28)(H,23,29). The van der Waals surface area contributed by atoms with Crippen molar-refractivity contribution in [3.05, 3.63) is 45.6 Å². The second kappa shape index (κ2) is 8.22. The van der Waals surface area contributed by atoms with Gasteiger partial charge < -0.3 is 22.1 Å². The van der Waals surface area contributed by atoms with E-state index in [4.69, 9.17) is 23.1 Å². The van der Waals surface area contributed by atoms with E-state index in [1.165, 1.54) is 26.1 Å². The Morgan fingerprint density at radius 1 is 1.38 bits per heavy atom. The molecule has 9 nitrogen and oxygen atoms in total. The molecule has 1 aliphatic rings. The fraction of sp³-hybridized carbons (Fsp3) is 0.368. The number of Topliss-reactive ketones (excluding diaryl/α,β-unsaturated/α-hetero) is 1. The van der Waals surface area contributed by atoms with Gasteiger partial charge in [0.25, 0.3) is 11.8 Å². The van der Waals surface area contributed by atoms with E-state index < -0.39 is 11.8 Å². The summed E-state index contributed by atoms with van der Waals surface area (Å²) < 4.78 is 1.54. The van der Waals surface area contributed by atoms with E-state index in [1.54, 1.807) is 10.7 Å². The van der Waals surface area contributed by atoms with E-state index in [9.17, 15) is 14.4 Å². The van der Waals surface area contributed by atoms with Gasteiger partial charge in [-0.15, -0.1) is 0 Å². The maximum atomic E-state index is 12.7. The molecule has 1 aromatic carbocycles. The third-order valence-corrected chi connectivity index (χ3v) is 5.42. The van der Waals surface area contributed by atoms with Crippen LogP contribution in [0.5, 0.6) is 0 Å². The van der Waals surface area contributed by atoms with E-state index in [0.29, 0.717) is 17.7 Å². The molecule has 29 heavy (non-hydrogen) atoms. The number of nitrogen functional groups attached to an aromatic ring is 1. The summed E-state index contributed by atoms with van der Waals surface area (Å²) in [6.07, 6.45) is 0.779. The predicted molar refractivity (Wildman–Crippen MR) is 109 cm³/mol. The zero-order valence-corrected chi connectivity index (χ0v) is 16.9. The number of ketones is 1. The van der Waals surface area contributed by atoms with Crippen molar-refractivity contribution in [1.29, 1.82) is 0 Å². The molecule has 1 aromatic heterocycles. The van der Waals surface area contributed by atoms with Crippen LogP contribution in [0.4, 0.5) is 5.82 Å². The number of rotatable bonds is 6. The van der Waals surface area contributed by atoms with Crippen LogP contribution in [0, 0.1) is 0 Å². The number of hydrogen-bond acceptors (Lipinski definition) is 6. The highest BCUT2D eigenvalue weighted by Crippen LogP contribution is 2.36. The molecule has 154 valence electrons. The maximum absolute atomic E-state index is 12.7. The van der Waals surface area contributed by atoms with Crippen LogP contribution in [-0.2, 0) is 4.79 Å². The average molecular weight is 419 g/mol. The first-order chi connectivity index (χ1) is 13.8. The first-order valence-corrected chi connectivity index (χ1v) is 9.54. The van der Waals surface area contributed by atoms with Crippen molar-refractivity contribution in [2.24, 2.45) is 5.73 Å². The van der Waals surface area contributed by atoms with Crippen LogP contribution in [0.3, 0.4) is 0 Å². The summed E-state index contributed by atoms with van der Waals surface area (Å²) >= 11 is 6.36. The Bertz CT molecular complexity index is 981. The topological polar surface area (TPSA) is 145 Å². The summed E-state index contributed by atoms with van der Waals surface area (Å²) in [5.74, 6) is -2.29. The number of halogens is 1. The monoisotopic (exact) mass is 418 g/mol. The second-order valence-electron chi connectivity index (χ2n) is 6.96. The summed E-state index contributed by atoms with van der Waals surface area (Å²) in [6.45, 7) is 2.80. The summed E-state index contributed by atoms with van der Waals surface area (Å²) in [5.41, 5.74) is 12.6. The van der Waals surface area contributed by atoms with E-state index in [1.807, 2.05) is 0 Å². The molecule has 2 aromatic rings. The number of hydrogen-bond donors (Lipinski definition) is 4. The van der Waals surface area contributed by atoms with Crippen molar-refractivity contribution >= 4 is 35.0 Å². The molecule has 3 rings (SSSR count). The van der Waals surface area contributed by atoms with Crippen molar-refractivity contribution in [2.45, 2.75) is 25.3 Å². The lowest BCUT2D eigenvalue weighted by molar-refractivity contribution is -0.117. The number of anilines is 1. The average Bonchev–Trinajstić information content (AvgIpc) is 3.30. The lowest BCUT2D eigenvalue weighted by Crippen LogP contribution is -2.21. The lowest BCUT2D eigenvalue weighted by Gasteiger charge is -2.16. The van der Waals surface area contributed by atoms with E-state index >= 15 is 0 Å². The van der Waals surface area contributed by atoms with Crippen LogP contribution in [0.1, 0.15) is 57.3 Å². The zero-order chi connectivity index (χ0) is 21.3. The molecule has 0 bridgehead atoms. The summed E-state index contributed by atoms with van der Waals surface area (Å²) in [7, 11) is 1.50. The predicted octanol–water partition coefficient (Wildman–Crippen LogP) is 0.833. The van der Waals surface area contributed by atoms with Gasteiger partial charge >= 0.3 is 0 Å². The number of nitrogens with zero attached hydrogens (tertiary/aromatic N) is 2.